The summed E-state index contributed by atoms with van der Waals surface area (Å²) in [7, 11) is 2.08. The van der Waals surface area contributed by atoms with Crippen LogP contribution in [0.3, 0.4) is 0 Å². The van der Waals surface area contributed by atoms with E-state index < -0.39 is 17.8 Å². The van der Waals surface area contributed by atoms with Crippen molar-refractivity contribution in [3.05, 3.63) is 105 Å². The number of amides is 8. The van der Waals surface area contributed by atoms with Gasteiger partial charge in [0.05, 0.1) is 38.9 Å². The van der Waals surface area contributed by atoms with E-state index in [1.54, 1.807) is 43.3 Å². The molecule has 3 aromatic rings. The van der Waals surface area contributed by atoms with E-state index in [4.69, 9.17) is 33.1 Å². The summed E-state index contributed by atoms with van der Waals surface area (Å²) in [4.78, 5) is 153. The summed E-state index contributed by atoms with van der Waals surface area (Å²) < 4.78 is 0. The summed E-state index contributed by atoms with van der Waals surface area (Å²) in [6, 6.07) is 15.6. The average Bonchev–Trinajstić information content (AvgIpc) is 1.63. The third-order valence-corrected chi connectivity index (χ3v) is 29.5. The number of carbonyl (C=O) groups excluding carboxylic acids is 10. The fourth-order valence-corrected chi connectivity index (χ4v) is 21.2. The molecule has 13 N–H and O–H groups in total. The SMILES string of the molecule is C.C.CC1CC(CC2CCC(N)C(C)C2)CCC1N.CNC1CCC(CC2CCC(NC(=O)c3ccc4c(c3)C(=O)N(CCCCCCCCCCCC(=O)NCCCCCCCC(=O)c3ccc5c(c3)C(=O)N(CCCCCCCCCCCC(C)=O)C5=O)C4=O)C(C)C2)CC1C.NCCCCCCN.O=C(O)CCCCCCCCCCCN1C(=O)c2ccc(C(=O)O)cc2C1=O. The van der Waals surface area contributed by atoms with Crippen LogP contribution in [0.25, 0.3) is 0 Å². The zero-order valence-corrected chi connectivity index (χ0v) is 82.0. The number of hydrogen-bond donors (Lipinski definition) is 9. The van der Waals surface area contributed by atoms with Crippen molar-refractivity contribution in [3.8, 4) is 0 Å². The molecule has 4 aliphatic carbocycles. The Kier molecular flexibility index (Phi) is 56.6. The number of nitrogens with one attached hydrogen (secondary N) is 3. The first-order valence-electron chi connectivity index (χ1n) is 52.3. The number of hydrogen-bond acceptors (Lipinski definition) is 17. The third kappa shape index (κ3) is 40.6. The number of imide groups is 3. The molecule has 10 rings (SSSR count). The third-order valence-electron chi connectivity index (χ3n) is 29.5. The Morgan fingerprint density at radius 2 is 0.672 bits per heavy atom. The van der Waals surface area contributed by atoms with Crippen LogP contribution < -0.4 is 38.9 Å². The van der Waals surface area contributed by atoms with Crippen LogP contribution in [-0.4, -0.2) is 166 Å². The number of unbranched alkanes of at least 4 members (excludes halogenated alkanes) is 31. The maximum Gasteiger partial charge on any atom is 0.335 e. The molecular formula is C110H180N10O14. The highest BCUT2D eigenvalue weighted by Crippen LogP contribution is 2.41. The lowest BCUT2D eigenvalue weighted by Gasteiger charge is -2.39. The smallest absolute Gasteiger partial charge is 0.335 e. The molecule has 0 radical (unpaired) electrons. The molecule has 24 nitrogen and oxygen atoms in total. The number of nitrogens with two attached hydrogens (primary N) is 4. The van der Waals surface area contributed by atoms with Gasteiger partial charge in [0.15, 0.2) is 5.78 Å². The van der Waals surface area contributed by atoms with E-state index in [0.29, 0.717) is 109 Å². The van der Waals surface area contributed by atoms with E-state index in [-0.39, 0.29) is 96.9 Å². The molecule has 0 saturated heterocycles. The highest BCUT2D eigenvalue weighted by Gasteiger charge is 2.40. The number of Topliss-reactive ketones (excluding diaryl/α,β-unsaturated/α-hetero) is 2. The lowest BCUT2D eigenvalue weighted by Crippen LogP contribution is -2.43. The van der Waals surface area contributed by atoms with Crippen molar-refractivity contribution in [3.63, 3.8) is 0 Å². The summed E-state index contributed by atoms with van der Waals surface area (Å²) in [5.41, 5.74) is 25.6. The van der Waals surface area contributed by atoms with Crippen LogP contribution in [0.5, 0.6) is 0 Å². The van der Waals surface area contributed by atoms with E-state index in [2.05, 4.69) is 50.7 Å². The first kappa shape index (κ1) is 117. The number of carbonyl (C=O) groups is 12. The number of carboxylic acid groups (broad SMARTS) is 2. The Morgan fingerprint density at radius 3 is 1.04 bits per heavy atom. The molecule has 3 aliphatic heterocycles. The standard InChI is InChI=1S/C66H99N5O8.C21H27NO6.C15H30N2.C6H16N2.2CH4/c1-47-42-50(31-37-58(47)67-4)44-51-32-38-59(48(2)43-51)69-62(75)53-34-36-55-57(46-53)66(79)71(64(55)77)41-27-21-14-10-6-8-12-18-24-30-61(74)68-39-25-19-15-17-23-29-60(73)52-33-35-54-56(45-52)65(78)70(63(54)76)40-26-20-13-9-5-7-11-16-22-28-49(3)72;23-18(24)10-8-6-4-2-1-3-5-7-9-13-22-19(25)16-12-11-15(21(27)28)14-17(16)20(22)26;1-10-7-12(3-5-14(10)16)9-13-4-6-15(17)11(2)8-13;7-5-3-1-2-4-6-8;;/h33-36,45-48,50-51,58-59,67H,5-32,37-44H2,1-4H3,(H,68,74)(H,69,75);11-12,14H,1-10,13H2,(H,23,24)(H,27,28);10-15H,3-9,16-17H2,1-2H3;1-8H2;2*1H4. The molecule has 134 heavy (non-hydrogen) atoms. The number of carboxylic acids is 2. The Labute approximate surface area is 806 Å². The first-order valence-corrected chi connectivity index (χ1v) is 52.3. The molecule has 12 atom stereocenters. The van der Waals surface area contributed by atoms with E-state index in [0.717, 1.165) is 273 Å². The van der Waals surface area contributed by atoms with Gasteiger partial charge in [0.25, 0.3) is 41.4 Å². The van der Waals surface area contributed by atoms with Crippen LogP contribution in [0.2, 0.25) is 0 Å². The van der Waals surface area contributed by atoms with Gasteiger partial charge < -0.3 is 53.9 Å². The highest BCUT2D eigenvalue weighted by atomic mass is 16.4. The lowest BCUT2D eigenvalue weighted by atomic mass is 9.70. The second-order valence-electron chi connectivity index (χ2n) is 40.4. The summed E-state index contributed by atoms with van der Waals surface area (Å²) in [6.45, 7) is 14.4. The molecule has 4 saturated carbocycles. The van der Waals surface area contributed by atoms with E-state index in [1.165, 1.54) is 129 Å². The van der Waals surface area contributed by atoms with Gasteiger partial charge in [0.2, 0.25) is 5.91 Å². The average molecular weight is 1870 g/mol. The molecule has 24 heteroatoms. The van der Waals surface area contributed by atoms with Crippen LogP contribution in [-0.2, 0) is 14.4 Å². The van der Waals surface area contributed by atoms with Gasteiger partial charge in [-0.3, -0.25) is 62.6 Å². The van der Waals surface area contributed by atoms with Gasteiger partial charge in [-0.25, -0.2) is 4.79 Å². The molecule has 8 amide bonds. The number of fused-ring (bicyclic) bond motifs is 3. The number of rotatable bonds is 58. The van der Waals surface area contributed by atoms with Crippen LogP contribution >= 0.6 is 0 Å². The van der Waals surface area contributed by atoms with Crippen LogP contribution in [0.1, 0.15) is 489 Å². The van der Waals surface area contributed by atoms with Gasteiger partial charge in [0.1, 0.15) is 5.78 Å². The van der Waals surface area contributed by atoms with Crippen molar-refractivity contribution >= 4 is 70.8 Å². The molecule has 0 spiro atoms. The molecule has 0 aromatic heterocycles. The van der Waals surface area contributed by atoms with E-state index in [1.807, 2.05) is 0 Å². The first-order chi connectivity index (χ1) is 63.6. The van der Waals surface area contributed by atoms with Gasteiger partial charge in [-0.1, -0.05) is 216 Å². The molecule has 4 fully saturated rings. The fraction of sp³-hybridized carbons (Fsp3) is 0.727. The minimum Gasteiger partial charge on any atom is -0.481 e. The monoisotopic (exact) mass is 1870 g/mol. The zero-order chi connectivity index (χ0) is 95.7. The molecule has 0 bridgehead atoms. The Hall–Kier alpha value is -7.90. The van der Waals surface area contributed by atoms with Gasteiger partial charge in [0, 0.05) is 87.2 Å². The summed E-state index contributed by atoms with van der Waals surface area (Å²) >= 11 is 0. The molecule has 754 valence electrons. The summed E-state index contributed by atoms with van der Waals surface area (Å²) in [5.74, 6) is 2.41. The molecule has 7 aliphatic rings. The molecule has 3 aromatic carbocycles. The van der Waals surface area contributed by atoms with Gasteiger partial charge in [-0.2, -0.15) is 0 Å². The number of aromatic carboxylic acids is 1. The van der Waals surface area contributed by atoms with Crippen molar-refractivity contribution in [1.29, 1.82) is 0 Å². The van der Waals surface area contributed by atoms with Crippen molar-refractivity contribution in [2.24, 2.45) is 70.3 Å². The minimum atomic E-state index is -1.12. The molecule has 12 unspecified atom stereocenters. The van der Waals surface area contributed by atoms with Crippen molar-refractivity contribution in [2.75, 3.05) is 46.3 Å². The Bertz CT molecular complexity index is 4050. The van der Waals surface area contributed by atoms with Crippen LogP contribution in [0.4, 0.5) is 0 Å². The van der Waals surface area contributed by atoms with Crippen LogP contribution in [0.15, 0.2) is 54.6 Å². The maximum absolute atomic E-state index is 13.4. The lowest BCUT2D eigenvalue weighted by molar-refractivity contribution is -0.137. The zero-order valence-electron chi connectivity index (χ0n) is 82.0. The number of aliphatic carboxylic acids is 1. The summed E-state index contributed by atoms with van der Waals surface area (Å²) in [6.07, 6.45) is 56.3. The van der Waals surface area contributed by atoms with Gasteiger partial charge >= 0.3 is 11.9 Å². The molecular weight excluding hydrogens is 1690 g/mol. The normalized spacial score (nSPS) is 21.7. The van der Waals surface area contributed by atoms with E-state index >= 15 is 0 Å². The molecule has 3 heterocycles. The largest absolute Gasteiger partial charge is 0.481 e. The Morgan fingerprint density at radius 1 is 0.358 bits per heavy atom. The number of ketones is 2. The van der Waals surface area contributed by atoms with Crippen molar-refractivity contribution < 1.29 is 67.7 Å². The predicted octanol–water partition coefficient (Wildman–Crippen LogP) is 22.2. The quantitative estimate of drug-likeness (QED) is 0.0144. The van der Waals surface area contributed by atoms with Crippen molar-refractivity contribution in [2.45, 2.75) is 420 Å². The van der Waals surface area contributed by atoms with Crippen LogP contribution in [0, 0.1) is 47.3 Å². The number of benzene rings is 3. The number of nitrogens with zero attached hydrogens (tertiary/aromatic N) is 3. The summed E-state index contributed by atoms with van der Waals surface area (Å²) in [5, 5.41) is 27.4. The highest BCUT2D eigenvalue weighted by molar-refractivity contribution is 6.23. The predicted molar refractivity (Wildman–Crippen MR) is 540 cm³/mol. The van der Waals surface area contributed by atoms with Gasteiger partial charge in [-0.05, 0) is 277 Å². The second kappa shape index (κ2) is 65.0. The van der Waals surface area contributed by atoms with E-state index in [9.17, 15) is 57.5 Å². The maximum atomic E-state index is 13.4. The minimum absolute atomic E-state index is 0. The Balaban J connectivity index is 0.000000462. The van der Waals surface area contributed by atoms with Gasteiger partial charge in [-0.15, -0.1) is 0 Å². The van der Waals surface area contributed by atoms with Crippen molar-refractivity contribution in [1.82, 2.24) is 30.7 Å². The second-order valence-corrected chi connectivity index (χ2v) is 40.4. The fourth-order valence-electron chi connectivity index (χ4n) is 21.2. The topological polar surface area (TPSA) is 395 Å².